The van der Waals surface area contributed by atoms with Gasteiger partial charge in [0.15, 0.2) is 5.15 Å². The third kappa shape index (κ3) is 2.59. The normalized spacial score (nSPS) is 16.3. The fraction of sp³-hybridized carbons (Fsp3) is 0.455. The lowest BCUT2D eigenvalue weighted by molar-refractivity contribution is -0.156. The molecule has 2 rings (SSSR count). The third-order valence-electron chi connectivity index (χ3n) is 2.82. The monoisotopic (exact) mass is 268 g/mol. The van der Waals surface area contributed by atoms with Gasteiger partial charge in [-0.1, -0.05) is 11.6 Å². The van der Waals surface area contributed by atoms with E-state index in [4.69, 9.17) is 11.6 Å². The SMILES string of the molecule is CCN1CCN(Cc2ccc(Cl)nn2)C(=O)C1=O. The Morgan fingerprint density at radius 1 is 1.17 bits per heavy atom. The van der Waals surface area contributed by atoms with E-state index in [9.17, 15) is 9.59 Å². The second-order valence-electron chi connectivity index (χ2n) is 3.96. The van der Waals surface area contributed by atoms with Crippen LogP contribution in [0.2, 0.25) is 5.15 Å². The number of piperazine rings is 1. The molecule has 0 bridgehead atoms. The quantitative estimate of drug-likeness (QED) is 0.741. The van der Waals surface area contributed by atoms with Crippen molar-refractivity contribution >= 4 is 23.4 Å². The maximum Gasteiger partial charge on any atom is 0.312 e. The van der Waals surface area contributed by atoms with Crippen LogP contribution >= 0.6 is 11.6 Å². The number of aromatic nitrogens is 2. The van der Waals surface area contributed by atoms with Crippen molar-refractivity contribution in [1.29, 1.82) is 0 Å². The Labute approximate surface area is 110 Å². The van der Waals surface area contributed by atoms with E-state index >= 15 is 0 Å². The lowest BCUT2D eigenvalue weighted by atomic mass is 10.2. The number of likely N-dealkylation sites (N-methyl/N-ethyl adjacent to an activating group) is 1. The summed E-state index contributed by atoms with van der Waals surface area (Å²) in [6.45, 7) is 3.77. The predicted molar refractivity (Wildman–Crippen MR) is 64.7 cm³/mol. The molecule has 0 aliphatic carbocycles. The predicted octanol–water partition coefficient (Wildman–Crippen LogP) is 0.321. The zero-order chi connectivity index (χ0) is 13.1. The molecule has 1 fully saturated rings. The first-order valence-corrected chi connectivity index (χ1v) is 6.06. The summed E-state index contributed by atoms with van der Waals surface area (Å²) in [5, 5.41) is 7.87. The van der Waals surface area contributed by atoms with Crippen LogP contribution in [0.5, 0.6) is 0 Å². The zero-order valence-corrected chi connectivity index (χ0v) is 10.7. The molecule has 0 N–H and O–H groups in total. The van der Waals surface area contributed by atoms with Gasteiger partial charge in [-0.15, -0.1) is 5.10 Å². The average Bonchev–Trinajstić information content (AvgIpc) is 2.38. The van der Waals surface area contributed by atoms with Gasteiger partial charge in [0.05, 0.1) is 12.2 Å². The molecule has 0 atom stereocenters. The molecule has 18 heavy (non-hydrogen) atoms. The summed E-state index contributed by atoms with van der Waals surface area (Å²) >= 11 is 5.63. The van der Waals surface area contributed by atoms with E-state index in [1.807, 2.05) is 6.92 Å². The highest BCUT2D eigenvalue weighted by atomic mass is 35.5. The first kappa shape index (κ1) is 12.8. The van der Waals surface area contributed by atoms with Gasteiger partial charge in [-0.05, 0) is 19.1 Å². The molecule has 1 saturated heterocycles. The van der Waals surface area contributed by atoms with E-state index in [2.05, 4.69) is 10.2 Å². The summed E-state index contributed by atoms with van der Waals surface area (Å²) in [7, 11) is 0. The Balaban J connectivity index is 2.04. The van der Waals surface area contributed by atoms with E-state index in [1.165, 1.54) is 9.80 Å². The van der Waals surface area contributed by atoms with E-state index in [-0.39, 0.29) is 6.54 Å². The minimum atomic E-state index is -0.486. The molecule has 96 valence electrons. The molecule has 1 aliphatic rings. The number of carbonyl (C=O) groups excluding carboxylic acids is 2. The van der Waals surface area contributed by atoms with Crippen molar-refractivity contribution in [3.63, 3.8) is 0 Å². The van der Waals surface area contributed by atoms with E-state index in [0.717, 1.165) is 0 Å². The molecule has 7 heteroatoms. The lowest BCUT2D eigenvalue weighted by Crippen LogP contribution is -2.53. The number of amides is 2. The van der Waals surface area contributed by atoms with Gasteiger partial charge >= 0.3 is 11.8 Å². The van der Waals surface area contributed by atoms with Crippen molar-refractivity contribution in [3.8, 4) is 0 Å². The van der Waals surface area contributed by atoms with Crippen LogP contribution in [-0.4, -0.2) is 51.4 Å². The second kappa shape index (κ2) is 5.30. The average molecular weight is 269 g/mol. The molecule has 1 aliphatic heterocycles. The first-order chi connectivity index (χ1) is 8.61. The number of hydrogen-bond acceptors (Lipinski definition) is 4. The summed E-state index contributed by atoms with van der Waals surface area (Å²) < 4.78 is 0. The van der Waals surface area contributed by atoms with Crippen LogP contribution in [0.4, 0.5) is 0 Å². The van der Waals surface area contributed by atoms with Gasteiger partial charge in [-0.2, -0.15) is 5.10 Å². The van der Waals surface area contributed by atoms with Gasteiger partial charge in [-0.25, -0.2) is 0 Å². The summed E-state index contributed by atoms with van der Waals surface area (Å²) in [5.41, 5.74) is 0.616. The Bertz CT molecular complexity index is 463. The van der Waals surface area contributed by atoms with Crippen LogP contribution in [0.3, 0.4) is 0 Å². The van der Waals surface area contributed by atoms with E-state index < -0.39 is 11.8 Å². The minimum Gasteiger partial charge on any atom is -0.333 e. The highest BCUT2D eigenvalue weighted by Crippen LogP contribution is 2.10. The summed E-state index contributed by atoms with van der Waals surface area (Å²) in [5.74, 6) is -0.939. The molecule has 0 saturated carbocycles. The Kier molecular flexibility index (Phi) is 3.76. The molecule has 0 radical (unpaired) electrons. The number of hydrogen-bond donors (Lipinski definition) is 0. The van der Waals surface area contributed by atoms with E-state index in [0.29, 0.717) is 30.5 Å². The topological polar surface area (TPSA) is 66.4 Å². The first-order valence-electron chi connectivity index (χ1n) is 5.68. The van der Waals surface area contributed by atoms with Crippen molar-refractivity contribution < 1.29 is 9.59 Å². The third-order valence-corrected chi connectivity index (χ3v) is 3.02. The number of nitrogens with zero attached hydrogens (tertiary/aromatic N) is 4. The smallest absolute Gasteiger partial charge is 0.312 e. The number of carbonyl (C=O) groups is 2. The van der Waals surface area contributed by atoms with Gasteiger partial charge in [0.2, 0.25) is 0 Å². The van der Waals surface area contributed by atoms with Gasteiger partial charge < -0.3 is 9.80 Å². The van der Waals surface area contributed by atoms with Crippen molar-refractivity contribution in [1.82, 2.24) is 20.0 Å². The van der Waals surface area contributed by atoms with Gasteiger partial charge in [0, 0.05) is 19.6 Å². The Morgan fingerprint density at radius 2 is 1.83 bits per heavy atom. The molecule has 2 amide bonds. The highest BCUT2D eigenvalue weighted by Gasteiger charge is 2.31. The van der Waals surface area contributed by atoms with E-state index in [1.54, 1.807) is 12.1 Å². The highest BCUT2D eigenvalue weighted by molar-refractivity contribution is 6.35. The maximum absolute atomic E-state index is 11.8. The molecular weight excluding hydrogens is 256 g/mol. The molecule has 0 unspecified atom stereocenters. The molecular formula is C11H13ClN4O2. The van der Waals surface area contributed by atoms with Crippen LogP contribution in [0.1, 0.15) is 12.6 Å². The van der Waals surface area contributed by atoms with Gasteiger partial charge in [-0.3, -0.25) is 9.59 Å². The lowest BCUT2D eigenvalue weighted by Gasteiger charge is -2.32. The van der Waals surface area contributed by atoms with Crippen LogP contribution in [0, 0.1) is 0 Å². The van der Waals surface area contributed by atoms with Crippen molar-refractivity contribution in [2.45, 2.75) is 13.5 Å². The van der Waals surface area contributed by atoms with Crippen molar-refractivity contribution in [2.75, 3.05) is 19.6 Å². The molecule has 1 aromatic heterocycles. The van der Waals surface area contributed by atoms with Crippen molar-refractivity contribution in [3.05, 3.63) is 23.0 Å². The largest absolute Gasteiger partial charge is 0.333 e. The molecule has 1 aromatic rings. The van der Waals surface area contributed by atoms with Crippen LogP contribution in [0.25, 0.3) is 0 Å². The van der Waals surface area contributed by atoms with Crippen LogP contribution < -0.4 is 0 Å². The fourth-order valence-electron chi connectivity index (χ4n) is 1.79. The number of halogens is 1. The van der Waals surface area contributed by atoms with Crippen LogP contribution in [0.15, 0.2) is 12.1 Å². The molecule has 0 aromatic carbocycles. The van der Waals surface area contributed by atoms with Gasteiger partial charge in [0.25, 0.3) is 0 Å². The number of rotatable bonds is 3. The van der Waals surface area contributed by atoms with Crippen LogP contribution in [-0.2, 0) is 16.1 Å². The zero-order valence-electron chi connectivity index (χ0n) is 9.97. The summed E-state index contributed by atoms with van der Waals surface area (Å²) in [6.07, 6.45) is 0. The molecule has 0 spiro atoms. The standard InChI is InChI=1S/C11H13ClN4O2/c1-2-15-5-6-16(11(18)10(15)17)7-8-3-4-9(12)14-13-8/h3-4H,2,5-7H2,1H3. The summed E-state index contributed by atoms with van der Waals surface area (Å²) in [6, 6.07) is 3.30. The minimum absolute atomic E-state index is 0.284. The fourth-order valence-corrected chi connectivity index (χ4v) is 1.89. The van der Waals surface area contributed by atoms with Crippen molar-refractivity contribution in [2.24, 2.45) is 0 Å². The Hall–Kier alpha value is -1.69. The second-order valence-corrected chi connectivity index (χ2v) is 4.35. The molecule has 2 heterocycles. The van der Waals surface area contributed by atoms with Gasteiger partial charge in [0.1, 0.15) is 0 Å². The maximum atomic E-state index is 11.8. The molecule has 6 nitrogen and oxygen atoms in total. The Morgan fingerprint density at radius 3 is 2.44 bits per heavy atom. The summed E-state index contributed by atoms with van der Waals surface area (Å²) in [4.78, 5) is 26.5.